The van der Waals surface area contributed by atoms with E-state index in [9.17, 15) is 4.79 Å². The zero-order valence-electron chi connectivity index (χ0n) is 12.8. The van der Waals surface area contributed by atoms with Gasteiger partial charge in [-0.1, -0.05) is 0 Å². The van der Waals surface area contributed by atoms with Gasteiger partial charge >= 0.3 is 6.03 Å². The first-order chi connectivity index (χ1) is 9.99. The van der Waals surface area contributed by atoms with E-state index in [1.807, 2.05) is 12.1 Å². The van der Waals surface area contributed by atoms with Gasteiger partial charge in [0.05, 0.1) is 18.7 Å². The summed E-state index contributed by atoms with van der Waals surface area (Å²) in [6.07, 6.45) is 0. The number of urea groups is 1. The second kappa shape index (κ2) is 8.74. The van der Waals surface area contributed by atoms with Crippen LogP contribution in [0, 0.1) is 0 Å². The van der Waals surface area contributed by atoms with Crippen LogP contribution in [0.5, 0.6) is 11.5 Å². The zero-order valence-corrected chi connectivity index (χ0v) is 14.4. The molecule has 1 rings (SSSR count). The van der Waals surface area contributed by atoms with Gasteiger partial charge in [-0.25, -0.2) is 4.79 Å². The van der Waals surface area contributed by atoms with Crippen molar-refractivity contribution in [3.63, 3.8) is 0 Å². The predicted octanol–water partition coefficient (Wildman–Crippen LogP) is 1.83. The Morgan fingerprint density at radius 1 is 1.24 bits per heavy atom. The molecular formula is C14H22BrN3O3. The number of hydrogen-bond donors (Lipinski definition) is 2. The number of nitrogens with zero attached hydrogens (tertiary/aromatic N) is 1. The first-order valence-electron chi connectivity index (χ1n) is 6.55. The smallest absolute Gasteiger partial charge is 0.316 e. The molecule has 0 spiro atoms. The Balaban J connectivity index is 2.46. The highest BCUT2D eigenvalue weighted by atomic mass is 79.9. The van der Waals surface area contributed by atoms with Crippen molar-refractivity contribution in [1.29, 1.82) is 0 Å². The summed E-state index contributed by atoms with van der Waals surface area (Å²) in [5.74, 6) is 1.36. The Labute approximate surface area is 133 Å². The molecular weight excluding hydrogens is 338 g/mol. The number of amides is 2. The maximum atomic E-state index is 11.3. The van der Waals surface area contributed by atoms with Crippen molar-refractivity contribution in [2.45, 2.75) is 6.54 Å². The first-order valence-corrected chi connectivity index (χ1v) is 7.35. The second-order valence-electron chi connectivity index (χ2n) is 4.62. The SMILES string of the molecule is COc1cc(CNCCNC(=O)N(C)C)cc(Br)c1OC. The Morgan fingerprint density at radius 3 is 2.52 bits per heavy atom. The van der Waals surface area contributed by atoms with Crippen LogP contribution >= 0.6 is 15.9 Å². The van der Waals surface area contributed by atoms with E-state index in [0.717, 1.165) is 10.0 Å². The van der Waals surface area contributed by atoms with Crippen LogP contribution in [0.2, 0.25) is 0 Å². The van der Waals surface area contributed by atoms with E-state index in [-0.39, 0.29) is 6.03 Å². The molecule has 1 aromatic carbocycles. The third-order valence-corrected chi connectivity index (χ3v) is 3.40. The first kappa shape index (κ1) is 17.6. The maximum Gasteiger partial charge on any atom is 0.316 e. The topological polar surface area (TPSA) is 62.8 Å². The monoisotopic (exact) mass is 359 g/mol. The fraction of sp³-hybridized carbons (Fsp3) is 0.500. The van der Waals surface area contributed by atoms with Crippen LogP contribution in [0.1, 0.15) is 5.56 Å². The van der Waals surface area contributed by atoms with Gasteiger partial charge in [-0.15, -0.1) is 0 Å². The molecule has 21 heavy (non-hydrogen) atoms. The molecule has 118 valence electrons. The van der Waals surface area contributed by atoms with Gasteiger partial charge in [-0.05, 0) is 33.6 Å². The van der Waals surface area contributed by atoms with Crippen LogP contribution < -0.4 is 20.1 Å². The summed E-state index contributed by atoms with van der Waals surface area (Å²) in [5.41, 5.74) is 1.07. The third kappa shape index (κ3) is 5.43. The molecule has 2 N–H and O–H groups in total. The van der Waals surface area contributed by atoms with Gasteiger partial charge in [0.1, 0.15) is 0 Å². The second-order valence-corrected chi connectivity index (χ2v) is 5.47. The van der Waals surface area contributed by atoms with Crippen molar-refractivity contribution < 1.29 is 14.3 Å². The molecule has 2 amide bonds. The number of methoxy groups -OCH3 is 2. The number of nitrogens with one attached hydrogen (secondary N) is 2. The van der Waals surface area contributed by atoms with Gasteiger partial charge in [0.15, 0.2) is 11.5 Å². The molecule has 0 bridgehead atoms. The maximum absolute atomic E-state index is 11.3. The number of benzene rings is 1. The van der Waals surface area contributed by atoms with E-state index in [4.69, 9.17) is 9.47 Å². The molecule has 0 atom stereocenters. The lowest BCUT2D eigenvalue weighted by Crippen LogP contribution is -2.38. The molecule has 0 aromatic heterocycles. The summed E-state index contributed by atoms with van der Waals surface area (Å²) in [6.45, 7) is 1.94. The number of ether oxygens (including phenoxy) is 2. The molecule has 0 aliphatic carbocycles. The van der Waals surface area contributed by atoms with Crippen LogP contribution in [-0.2, 0) is 6.54 Å². The van der Waals surface area contributed by atoms with Crippen LogP contribution in [0.15, 0.2) is 16.6 Å². The van der Waals surface area contributed by atoms with Crippen molar-refractivity contribution in [2.24, 2.45) is 0 Å². The summed E-state index contributed by atoms with van der Waals surface area (Å²) < 4.78 is 11.4. The van der Waals surface area contributed by atoms with E-state index in [1.54, 1.807) is 28.3 Å². The minimum atomic E-state index is -0.0920. The Kier molecular flexibility index (Phi) is 7.31. The Bertz CT molecular complexity index is 481. The highest BCUT2D eigenvalue weighted by Gasteiger charge is 2.10. The van der Waals surface area contributed by atoms with Gasteiger partial charge in [-0.2, -0.15) is 0 Å². The summed E-state index contributed by atoms with van der Waals surface area (Å²) in [4.78, 5) is 12.8. The van der Waals surface area contributed by atoms with Crippen molar-refractivity contribution in [2.75, 3.05) is 41.4 Å². The molecule has 0 fully saturated rings. The molecule has 0 heterocycles. The standard InChI is InChI=1S/C14H22BrN3O3/c1-18(2)14(19)17-6-5-16-9-10-7-11(15)13(21-4)12(8-10)20-3/h7-8,16H,5-6,9H2,1-4H3,(H,17,19). The Hall–Kier alpha value is -1.47. The number of carbonyl (C=O) groups is 1. The fourth-order valence-electron chi connectivity index (χ4n) is 1.72. The molecule has 0 saturated carbocycles. The van der Waals surface area contributed by atoms with E-state index >= 15 is 0 Å². The van der Waals surface area contributed by atoms with Crippen LogP contribution in [0.3, 0.4) is 0 Å². The number of rotatable bonds is 7. The van der Waals surface area contributed by atoms with Crippen LogP contribution in [0.4, 0.5) is 4.79 Å². The minimum Gasteiger partial charge on any atom is -0.493 e. The van der Waals surface area contributed by atoms with Crippen molar-refractivity contribution in [3.8, 4) is 11.5 Å². The van der Waals surface area contributed by atoms with Gasteiger partial charge in [0, 0.05) is 33.7 Å². The highest BCUT2D eigenvalue weighted by Crippen LogP contribution is 2.36. The largest absolute Gasteiger partial charge is 0.493 e. The van der Waals surface area contributed by atoms with Crippen molar-refractivity contribution in [3.05, 3.63) is 22.2 Å². The summed E-state index contributed by atoms with van der Waals surface area (Å²) in [7, 11) is 6.64. The predicted molar refractivity (Wildman–Crippen MR) is 86.0 cm³/mol. The molecule has 0 saturated heterocycles. The average molecular weight is 360 g/mol. The van der Waals surface area contributed by atoms with Crippen LogP contribution in [0.25, 0.3) is 0 Å². The number of halogens is 1. The summed E-state index contributed by atoms with van der Waals surface area (Å²) in [6, 6.07) is 3.81. The lowest BCUT2D eigenvalue weighted by molar-refractivity contribution is 0.217. The molecule has 0 aliphatic heterocycles. The number of carbonyl (C=O) groups excluding carboxylic acids is 1. The van der Waals surface area contributed by atoms with Crippen molar-refractivity contribution in [1.82, 2.24) is 15.5 Å². The van der Waals surface area contributed by atoms with Crippen LogP contribution in [-0.4, -0.2) is 52.3 Å². The summed E-state index contributed by atoms with van der Waals surface area (Å²) >= 11 is 3.46. The van der Waals surface area contributed by atoms with Gasteiger partial charge < -0.3 is 25.0 Å². The average Bonchev–Trinajstić information content (AvgIpc) is 2.45. The quantitative estimate of drug-likeness (QED) is 0.729. The Morgan fingerprint density at radius 2 is 1.95 bits per heavy atom. The lowest BCUT2D eigenvalue weighted by Gasteiger charge is -2.14. The molecule has 0 aliphatic rings. The normalized spacial score (nSPS) is 10.1. The zero-order chi connectivity index (χ0) is 15.8. The molecule has 0 unspecified atom stereocenters. The molecule has 1 aromatic rings. The molecule has 0 radical (unpaired) electrons. The minimum absolute atomic E-state index is 0.0920. The van der Waals surface area contributed by atoms with E-state index in [0.29, 0.717) is 31.1 Å². The lowest BCUT2D eigenvalue weighted by atomic mass is 10.2. The van der Waals surface area contributed by atoms with Gasteiger partial charge in [0.25, 0.3) is 0 Å². The number of hydrogen-bond acceptors (Lipinski definition) is 4. The summed E-state index contributed by atoms with van der Waals surface area (Å²) in [5, 5.41) is 6.05. The van der Waals surface area contributed by atoms with Gasteiger partial charge in [0.2, 0.25) is 0 Å². The fourth-order valence-corrected chi connectivity index (χ4v) is 2.37. The molecule has 7 heteroatoms. The molecule has 6 nitrogen and oxygen atoms in total. The third-order valence-electron chi connectivity index (χ3n) is 2.81. The van der Waals surface area contributed by atoms with Crippen molar-refractivity contribution >= 4 is 22.0 Å². The van der Waals surface area contributed by atoms with Gasteiger partial charge in [-0.3, -0.25) is 0 Å². The highest BCUT2D eigenvalue weighted by molar-refractivity contribution is 9.10. The van der Waals surface area contributed by atoms with E-state index < -0.39 is 0 Å². The van der Waals surface area contributed by atoms with E-state index in [2.05, 4.69) is 26.6 Å². The van der Waals surface area contributed by atoms with E-state index in [1.165, 1.54) is 4.90 Å².